The molecule has 1 rings (SSSR count). The van der Waals surface area contributed by atoms with Crippen LogP contribution < -0.4 is 0 Å². The molecule has 2 heteroatoms. The van der Waals surface area contributed by atoms with Crippen LogP contribution in [-0.2, 0) is 5.41 Å². The van der Waals surface area contributed by atoms with E-state index in [1.807, 2.05) is 19.1 Å². The fraction of sp³-hybridized carbons (Fsp3) is 0.417. The molecule has 0 saturated heterocycles. The van der Waals surface area contributed by atoms with Crippen molar-refractivity contribution in [3.05, 3.63) is 33.8 Å². The maximum absolute atomic E-state index is 8.87. The SMILES string of the molecule is Cc1cc(Cl)c(C#N)cc1C(C)(C)C. The number of nitriles is 1. The van der Waals surface area contributed by atoms with Crippen molar-refractivity contribution in [2.75, 3.05) is 0 Å². The van der Waals surface area contributed by atoms with Crippen LogP contribution in [0, 0.1) is 18.3 Å². The van der Waals surface area contributed by atoms with Crippen molar-refractivity contribution in [3.8, 4) is 6.07 Å². The summed E-state index contributed by atoms with van der Waals surface area (Å²) in [4.78, 5) is 0. The molecule has 0 aliphatic rings. The molecular formula is C12H14ClN. The lowest BCUT2D eigenvalue weighted by molar-refractivity contribution is 0.586. The van der Waals surface area contributed by atoms with Gasteiger partial charge in [-0.05, 0) is 35.6 Å². The van der Waals surface area contributed by atoms with Gasteiger partial charge in [-0.1, -0.05) is 32.4 Å². The second kappa shape index (κ2) is 3.63. The van der Waals surface area contributed by atoms with Gasteiger partial charge in [0, 0.05) is 0 Å². The molecule has 0 N–H and O–H groups in total. The second-order valence-electron chi connectivity index (χ2n) is 4.51. The van der Waals surface area contributed by atoms with Crippen LogP contribution in [0.4, 0.5) is 0 Å². The van der Waals surface area contributed by atoms with E-state index >= 15 is 0 Å². The van der Waals surface area contributed by atoms with Crippen molar-refractivity contribution in [1.82, 2.24) is 0 Å². The van der Waals surface area contributed by atoms with Gasteiger partial charge in [-0.25, -0.2) is 0 Å². The molecule has 0 spiro atoms. The second-order valence-corrected chi connectivity index (χ2v) is 4.92. The van der Waals surface area contributed by atoms with Gasteiger partial charge in [-0.3, -0.25) is 0 Å². The lowest BCUT2D eigenvalue weighted by Crippen LogP contribution is -2.13. The van der Waals surface area contributed by atoms with Crippen LogP contribution in [0.5, 0.6) is 0 Å². The molecular weight excluding hydrogens is 194 g/mol. The van der Waals surface area contributed by atoms with Crippen molar-refractivity contribution in [1.29, 1.82) is 5.26 Å². The van der Waals surface area contributed by atoms with Crippen LogP contribution in [0.1, 0.15) is 37.5 Å². The highest BCUT2D eigenvalue weighted by Gasteiger charge is 2.17. The summed E-state index contributed by atoms with van der Waals surface area (Å²) in [5, 5.41) is 9.40. The van der Waals surface area contributed by atoms with Gasteiger partial charge in [0.05, 0.1) is 10.6 Å². The minimum absolute atomic E-state index is 0.0558. The van der Waals surface area contributed by atoms with Crippen molar-refractivity contribution < 1.29 is 0 Å². The molecule has 1 aromatic carbocycles. The molecule has 0 fully saturated rings. The zero-order valence-electron chi connectivity index (χ0n) is 8.98. The molecule has 0 atom stereocenters. The first kappa shape index (κ1) is 11.1. The van der Waals surface area contributed by atoms with Gasteiger partial charge in [-0.15, -0.1) is 0 Å². The zero-order chi connectivity index (χ0) is 10.9. The monoisotopic (exact) mass is 207 g/mol. The lowest BCUT2D eigenvalue weighted by Gasteiger charge is -2.22. The summed E-state index contributed by atoms with van der Waals surface area (Å²) in [5.41, 5.74) is 2.93. The van der Waals surface area contributed by atoms with Crippen LogP contribution in [0.25, 0.3) is 0 Å². The van der Waals surface area contributed by atoms with Crippen molar-refractivity contribution in [3.63, 3.8) is 0 Å². The predicted octanol–water partition coefficient (Wildman–Crippen LogP) is 3.82. The van der Waals surface area contributed by atoms with Crippen LogP contribution in [0.2, 0.25) is 5.02 Å². The van der Waals surface area contributed by atoms with Gasteiger partial charge in [0.2, 0.25) is 0 Å². The molecule has 0 bridgehead atoms. The van der Waals surface area contributed by atoms with E-state index in [-0.39, 0.29) is 5.41 Å². The van der Waals surface area contributed by atoms with Gasteiger partial charge in [0.1, 0.15) is 6.07 Å². The highest BCUT2D eigenvalue weighted by Crippen LogP contribution is 2.29. The zero-order valence-corrected chi connectivity index (χ0v) is 9.74. The first-order valence-electron chi connectivity index (χ1n) is 4.57. The van der Waals surface area contributed by atoms with E-state index in [2.05, 4.69) is 26.8 Å². The molecule has 0 saturated carbocycles. The third kappa shape index (κ3) is 2.08. The summed E-state index contributed by atoms with van der Waals surface area (Å²) < 4.78 is 0. The first-order chi connectivity index (χ1) is 6.36. The molecule has 74 valence electrons. The predicted molar refractivity (Wildman–Crippen MR) is 59.6 cm³/mol. The average molecular weight is 208 g/mol. The third-order valence-electron chi connectivity index (χ3n) is 2.24. The van der Waals surface area contributed by atoms with E-state index in [1.165, 1.54) is 5.56 Å². The molecule has 0 aliphatic heterocycles. The molecule has 0 amide bonds. The molecule has 0 unspecified atom stereocenters. The van der Waals surface area contributed by atoms with E-state index in [1.54, 1.807) is 0 Å². The summed E-state index contributed by atoms with van der Waals surface area (Å²) in [5.74, 6) is 0. The number of rotatable bonds is 0. The fourth-order valence-electron chi connectivity index (χ4n) is 1.57. The van der Waals surface area contributed by atoms with E-state index in [9.17, 15) is 0 Å². The Morgan fingerprint density at radius 1 is 1.29 bits per heavy atom. The molecule has 1 aromatic rings. The van der Waals surface area contributed by atoms with Gasteiger partial charge in [0.25, 0.3) is 0 Å². The van der Waals surface area contributed by atoms with Gasteiger partial charge in [-0.2, -0.15) is 5.26 Å². The molecule has 0 radical (unpaired) electrons. The van der Waals surface area contributed by atoms with E-state index < -0.39 is 0 Å². The summed E-state index contributed by atoms with van der Waals surface area (Å²) in [6.07, 6.45) is 0. The Balaban J connectivity index is 3.41. The topological polar surface area (TPSA) is 23.8 Å². The van der Waals surface area contributed by atoms with Crippen molar-refractivity contribution in [2.45, 2.75) is 33.1 Å². The number of nitrogens with zero attached hydrogens (tertiary/aromatic N) is 1. The van der Waals surface area contributed by atoms with E-state index in [0.717, 1.165) is 5.56 Å². The van der Waals surface area contributed by atoms with Gasteiger partial charge >= 0.3 is 0 Å². The maximum atomic E-state index is 8.87. The smallest absolute Gasteiger partial charge is 0.101 e. The number of aryl methyl sites for hydroxylation is 1. The summed E-state index contributed by atoms with van der Waals surface area (Å²) >= 11 is 5.93. The van der Waals surface area contributed by atoms with Gasteiger partial charge < -0.3 is 0 Å². The Morgan fingerprint density at radius 2 is 1.86 bits per heavy atom. The van der Waals surface area contributed by atoms with Crippen LogP contribution in [-0.4, -0.2) is 0 Å². The lowest BCUT2D eigenvalue weighted by atomic mass is 9.83. The Kier molecular flexibility index (Phi) is 2.87. The fourth-order valence-corrected chi connectivity index (χ4v) is 1.83. The molecule has 1 nitrogen and oxygen atoms in total. The largest absolute Gasteiger partial charge is 0.192 e. The molecule has 0 aliphatic carbocycles. The Labute approximate surface area is 90.3 Å². The summed E-state index contributed by atoms with van der Waals surface area (Å²) in [7, 11) is 0. The highest BCUT2D eigenvalue weighted by atomic mass is 35.5. The van der Waals surface area contributed by atoms with Crippen molar-refractivity contribution >= 4 is 11.6 Å². The minimum atomic E-state index is 0.0558. The number of hydrogen-bond acceptors (Lipinski definition) is 1. The normalized spacial score (nSPS) is 11.1. The van der Waals surface area contributed by atoms with E-state index in [4.69, 9.17) is 16.9 Å². The standard InChI is InChI=1S/C12H14ClN/c1-8-5-11(13)9(7-14)6-10(8)12(2,3)4/h5-6H,1-4H3. The Bertz CT molecular complexity index is 394. The Morgan fingerprint density at radius 3 is 2.29 bits per heavy atom. The highest BCUT2D eigenvalue weighted by molar-refractivity contribution is 6.31. The number of benzene rings is 1. The van der Waals surface area contributed by atoms with Gasteiger partial charge in [0.15, 0.2) is 0 Å². The molecule has 0 heterocycles. The number of hydrogen-bond donors (Lipinski definition) is 0. The minimum Gasteiger partial charge on any atom is -0.192 e. The first-order valence-corrected chi connectivity index (χ1v) is 4.95. The third-order valence-corrected chi connectivity index (χ3v) is 2.56. The Hall–Kier alpha value is -1.00. The summed E-state index contributed by atoms with van der Waals surface area (Å²) in [6, 6.07) is 5.85. The molecule has 14 heavy (non-hydrogen) atoms. The quantitative estimate of drug-likeness (QED) is 0.635. The van der Waals surface area contributed by atoms with Crippen LogP contribution in [0.15, 0.2) is 12.1 Å². The average Bonchev–Trinajstić information content (AvgIpc) is 2.02. The van der Waals surface area contributed by atoms with Crippen molar-refractivity contribution in [2.24, 2.45) is 0 Å². The van der Waals surface area contributed by atoms with Crippen LogP contribution >= 0.6 is 11.6 Å². The molecule has 0 aromatic heterocycles. The number of halogens is 1. The summed E-state index contributed by atoms with van der Waals surface area (Å²) in [6.45, 7) is 8.41. The van der Waals surface area contributed by atoms with E-state index in [0.29, 0.717) is 10.6 Å². The maximum Gasteiger partial charge on any atom is 0.101 e. The van der Waals surface area contributed by atoms with Crippen LogP contribution in [0.3, 0.4) is 0 Å².